The lowest BCUT2D eigenvalue weighted by molar-refractivity contribution is 0.263. The molecule has 28 heavy (non-hydrogen) atoms. The number of anilines is 1. The van der Waals surface area contributed by atoms with Crippen molar-refractivity contribution in [2.75, 3.05) is 37.1 Å². The van der Waals surface area contributed by atoms with Crippen molar-refractivity contribution >= 4 is 26.4 Å². The Morgan fingerprint density at radius 1 is 1.11 bits per heavy atom. The summed E-state index contributed by atoms with van der Waals surface area (Å²) < 4.78 is 29.1. The number of hydrogen-bond acceptors (Lipinski definition) is 5. The number of benzene rings is 2. The molecule has 1 aliphatic heterocycles. The zero-order chi connectivity index (χ0) is 19.7. The number of fused-ring (bicyclic) bond motifs is 1. The quantitative estimate of drug-likeness (QED) is 0.657. The summed E-state index contributed by atoms with van der Waals surface area (Å²) in [6.45, 7) is 0.442. The molecule has 3 aromatic rings. The van der Waals surface area contributed by atoms with E-state index in [4.69, 9.17) is 4.74 Å². The number of nitrogens with zero attached hydrogens (tertiary/aromatic N) is 2. The lowest BCUT2D eigenvalue weighted by Gasteiger charge is -2.16. The number of pyridine rings is 1. The van der Waals surface area contributed by atoms with Crippen LogP contribution in [0.2, 0.25) is 0 Å². The Morgan fingerprint density at radius 2 is 1.93 bits per heavy atom. The highest BCUT2D eigenvalue weighted by Gasteiger charge is 2.28. The average molecular weight is 397 g/mol. The van der Waals surface area contributed by atoms with E-state index in [1.807, 2.05) is 43.3 Å². The predicted molar refractivity (Wildman–Crippen MR) is 114 cm³/mol. The SMILES string of the molecule is CN(C)c1ncccc1-c1ccc2ccc(OCC3CCS(=O)(=O)C3)cc2c1. The molecule has 0 aliphatic carbocycles. The second kappa shape index (κ2) is 7.43. The van der Waals surface area contributed by atoms with Crippen molar-refractivity contribution in [2.45, 2.75) is 6.42 Å². The fraction of sp³-hybridized carbons (Fsp3) is 0.318. The number of aromatic nitrogens is 1. The summed E-state index contributed by atoms with van der Waals surface area (Å²) in [7, 11) is 1.10. The highest BCUT2D eigenvalue weighted by Crippen LogP contribution is 2.31. The summed E-state index contributed by atoms with van der Waals surface area (Å²) >= 11 is 0. The summed E-state index contributed by atoms with van der Waals surface area (Å²) in [6, 6.07) is 16.4. The fourth-order valence-electron chi connectivity index (χ4n) is 3.68. The van der Waals surface area contributed by atoms with Gasteiger partial charge in [-0.15, -0.1) is 0 Å². The minimum absolute atomic E-state index is 0.0880. The molecular formula is C22H24N2O3S. The van der Waals surface area contributed by atoms with Crippen LogP contribution in [0.5, 0.6) is 5.75 Å². The topological polar surface area (TPSA) is 59.5 Å². The van der Waals surface area contributed by atoms with Gasteiger partial charge in [-0.25, -0.2) is 13.4 Å². The Hall–Kier alpha value is -2.60. The van der Waals surface area contributed by atoms with E-state index in [1.54, 1.807) is 6.20 Å². The second-order valence-corrected chi connectivity index (χ2v) is 9.80. The van der Waals surface area contributed by atoms with Crippen LogP contribution < -0.4 is 9.64 Å². The first-order valence-corrected chi connectivity index (χ1v) is 11.2. The van der Waals surface area contributed by atoms with Gasteiger partial charge in [0.15, 0.2) is 9.84 Å². The molecular weight excluding hydrogens is 372 g/mol. The van der Waals surface area contributed by atoms with Crippen LogP contribution in [0.3, 0.4) is 0 Å². The molecule has 1 aromatic heterocycles. The highest BCUT2D eigenvalue weighted by molar-refractivity contribution is 7.91. The van der Waals surface area contributed by atoms with Crippen LogP contribution in [0, 0.1) is 5.92 Å². The summed E-state index contributed by atoms with van der Waals surface area (Å²) in [5, 5.41) is 2.22. The van der Waals surface area contributed by atoms with Gasteiger partial charge < -0.3 is 9.64 Å². The zero-order valence-electron chi connectivity index (χ0n) is 16.1. The maximum atomic E-state index is 11.6. The van der Waals surface area contributed by atoms with Gasteiger partial charge in [0.2, 0.25) is 0 Å². The van der Waals surface area contributed by atoms with E-state index in [-0.39, 0.29) is 17.4 Å². The average Bonchev–Trinajstić information content (AvgIpc) is 3.04. The molecule has 2 aromatic carbocycles. The number of ether oxygens (including phenoxy) is 1. The molecule has 0 radical (unpaired) electrons. The highest BCUT2D eigenvalue weighted by atomic mass is 32.2. The molecule has 5 nitrogen and oxygen atoms in total. The van der Waals surface area contributed by atoms with Gasteiger partial charge in [-0.2, -0.15) is 0 Å². The van der Waals surface area contributed by atoms with Gasteiger partial charge >= 0.3 is 0 Å². The third-order valence-electron chi connectivity index (χ3n) is 5.15. The first kappa shape index (κ1) is 18.7. The van der Waals surface area contributed by atoms with Crippen molar-refractivity contribution in [2.24, 2.45) is 5.92 Å². The molecule has 1 atom stereocenters. The van der Waals surface area contributed by atoms with Crippen LogP contribution in [0.4, 0.5) is 5.82 Å². The van der Waals surface area contributed by atoms with Crippen molar-refractivity contribution in [3.63, 3.8) is 0 Å². The maximum Gasteiger partial charge on any atom is 0.150 e. The largest absolute Gasteiger partial charge is 0.493 e. The van der Waals surface area contributed by atoms with Crippen LogP contribution >= 0.6 is 0 Å². The molecule has 6 heteroatoms. The fourth-order valence-corrected chi connectivity index (χ4v) is 5.52. The van der Waals surface area contributed by atoms with Crippen LogP contribution in [0.15, 0.2) is 54.7 Å². The smallest absolute Gasteiger partial charge is 0.150 e. The van der Waals surface area contributed by atoms with E-state index in [2.05, 4.69) is 29.2 Å². The first-order valence-electron chi connectivity index (χ1n) is 9.41. The predicted octanol–water partition coefficient (Wildman–Crippen LogP) is 3.78. The Labute approximate surface area is 165 Å². The monoisotopic (exact) mass is 396 g/mol. The maximum absolute atomic E-state index is 11.6. The van der Waals surface area contributed by atoms with Crippen LogP contribution in [0.25, 0.3) is 21.9 Å². The van der Waals surface area contributed by atoms with E-state index < -0.39 is 9.84 Å². The third kappa shape index (κ3) is 3.97. The Balaban J connectivity index is 1.59. The summed E-state index contributed by atoms with van der Waals surface area (Å²) in [6.07, 6.45) is 2.49. The molecule has 1 aliphatic rings. The van der Waals surface area contributed by atoms with E-state index in [1.165, 1.54) is 0 Å². The molecule has 0 bridgehead atoms. The number of rotatable bonds is 5. The molecule has 0 N–H and O–H groups in total. The van der Waals surface area contributed by atoms with E-state index >= 15 is 0 Å². The van der Waals surface area contributed by atoms with Crippen LogP contribution in [-0.4, -0.2) is 45.6 Å². The summed E-state index contributed by atoms with van der Waals surface area (Å²) in [4.78, 5) is 6.50. The molecule has 1 unspecified atom stereocenters. The summed E-state index contributed by atoms with van der Waals surface area (Å²) in [5.74, 6) is 2.30. The number of hydrogen-bond donors (Lipinski definition) is 0. The van der Waals surface area contributed by atoms with Gasteiger partial charge in [-0.3, -0.25) is 0 Å². The van der Waals surface area contributed by atoms with E-state index in [0.29, 0.717) is 13.0 Å². The van der Waals surface area contributed by atoms with Gasteiger partial charge in [0, 0.05) is 31.8 Å². The Kier molecular flexibility index (Phi) is 4.98. The van der Waals surface area contributed by atoms with Crippen molar-refractivity contribution in [1.82, 2.24) is 4.98 Å². The minimum atomic E-state index is -2.87. The van der Waals surface area contributed by atoms with Crippen molar-refractivity contribution in [3.05, 3.63) is 54.7 Å². The molecule has 0 saturated carbocycles. The molecule has 1 saturated heterocycles. The lowest BCUT2D eigenvalue weighted by atomic mass is 10.0. The zero-order valence-corrected chi connectivity index (χ0v) is 16.9. The summed E-state index contributed by atoms with van der Waals surface area (Å²) in [5.41, 5.74) is 2.18. The molecule has 4 rings (SSSR count). The van der Waals surface area contributed by atoms with Gasteiger partial charge in [-0.05, 0) is 53.1 Å². The van der Waals surface area contributed by atoms with Crippen LogP contribution in [-0.2, 0) is 9.84 Å². The molecule has 2 heterocycles. The Morgan fingerprint density at radius 3 is 2.68 bits per heavy atom. The van der Waals surface area contributed by atoms with Gasteiger partial charge in [0.05, 0.1) is 18.1 Å². The molecule has 146 valence electrons. The normalized spacial score (nSPS) is 18.3. The van der Waals surface area contributed by atoms with Gasteiger partial charge in [0.1, 0.15) is 11.6 Å². The second-order valence-electron chi connectivity index (χ2n) is 7.57. The lowest BCUT2D eigenvalue weighted by Crippen LogP contribution is -2.13. The van der Waals surface area contributed by atoms with Gasteiger partial charge in [0.25, 0.3) is 0 Å². The molecule has 1 fully saturated rings. The van der Waals surface area contributed by atoms with Crippen LogP contribution in [0.1, 0.15) is 6.42 Å². The van der Waals surface area contributed by atoms with E-state index in [9.17, 15) is 8.42 Å². The van der Waals surface area contributed by atoms with Crippen molar-refractivity contribution < 1.29 is 13.2 Å². The molecule has 0 amide bonds. The standard InChI is InChI=1S/C22H24N2O3S/c1-24(2)22-21(4-3-10-23-22)18-6-5-17-7-8-20(13-19(17)12-18)27-14-16-9-11-28(25,26)15-16/h3-8,10,12-13,16H,9,11,14-15H2,1-2H3. The number of sulfone groups is 1. The van der Waals surface area contributed by atoms with Crippen molar-refractivity contribution in [1.29, 1.82) is 0 Å². The molecule has 0 spiro atoms. The third-order valence-corrected chi connectivity index (χ3v) is 6.98. The van der Waals surface area contributed by atoms with E-state index in [0.717, 1.165) is 33.5 Å². The minimum Gasteiger partial charge on any atom is -0.493 e. The van der Waals surface area contributed by atoms with Gasteiger partial charge in [-0.1, -0.05) is 18.2 Å². The first-order chi connectivity index (χ1) is 13.4. The Bertz CT molecular complexity index is 1110. The van der Waals surface area contributed by atoms with Crippen molar-refractivity contribution in [3.8, 4) is 16.9 Å².